The molecule has 20 heavy (non-hydrogen) atoms. The van der Waals surface area contributed by atoms with Gasteiger partial charge in [-0.05, 0) is 27.2 Å². The molecule has 0 bridgehead atoms. The number of rotatable bonds is 5. The van der Waals surface area contributed by atoms with E-state index >= 15 is 0 Å². The summed E-state index contributed by atoms with van der Waals surface area (Å²) in [6.07, 6.45) is 2.79. The van der Waals surface area contributed by atoms with E-state index in [2.05, 4.69) is 27.3 Å². The maximum Gasteiger partial charge on any atom is 0.227 e. The molecular weight excluding hydrogens is 254 g/mol. The van der Waals surface area contributed by atoms with E-state index in [0.29, 0.717) is 11.8 Å². The van der Waals surface area contributed by atoms with E-state index in [1.54, 1.807) is 10.9 Å². The maximum absolute atomic E-state index is 5.94. The van der Waals surface area contributed by atoms with Crippen LogP contribution in [0.3, 0.4) is 0 Å². The van der Waals surface area contributed by atoms with Crippen LogP contribution in [-0.2, 0) is 7.05 Å². The largest absolute Gasteiger partial charge is 0.435 e. The molecule has 2 aromatic heterocycles. The van der Waals surface area contributed by atoms with Crippen molar-refractivity contribution in [3.63, 3.8) is 0 Å². The van der Waals surface area contributed by atoms with E-state index < -0.39 is 0 Å². The van der Waals surface area contributed by atoms with Crippen molar-refractivity contribution in [1.82, 2.24) is 19.7 Å². The monoisotopic (exact) mass is 275 g/mol. The Bertz CT molecular complexity index is 606. The lowest BCUT2D eigenvalue weighted by molar-refractivity contribution is 0.450. The number of anilines is 1. The van der Waals surface area contributed by atoms with Crippen LogP contribution in [0.5, 0.6) is 11.6 Å². The molecule has 0 atom stereocenters. The van der Waals surface area contributed by atoms with Gasteiger partial charge in [0.05, 0.1) is 5.69 Å². The van der Waals surface area contributed by atoms with Crippen molar-refractivity contribution >= 4 is 5.95 Å². The molecular formula is C14H21N5O. The summed E-state index contributed by atoms with van der Waals surface area (Å²) in [5.74, 6) is 1.92. The molecule has 2 rings (SSSR count). The van der Waals surface area contributed by atoms with Crippen LogP contribution in [0, 0.1) is 20.8 Å². The summed E-state index contributed by atoms with van der Waals surface area (Å²) in [7, 11) is 1.90. The van der Waals surface area contributed by atoms with Crippen molar-refractivity contribution in [2.24, 2.45) is 7.05 Å². The van der Waals surface area contributed by atoms with Crippen LogP contribution in [0.15, 0.2) is 6.20 Å². The van der Waals surface area contributed by atoms with Gasteiger partial charge in [-0.1, -0.05) is 6.92 Å². The number of aryl methyl sites for hydroxylation is 3. The predicted molar refractivity (Wildman–Crippen MR) is 78.3 cm³/mol. The first-order chi connectivity index (χ1) is 9.52. The molecule has 0 spiro atoms. The molecule has 0 saturated heterocycles. The molecule has 0 aromatic carbocycles. The molecule has 0 radical (unpaired) electrons. The summed E-state index contributed by atoms with van der Waals surface area (Å²) in [5.41, 5.74) is 2.73. The molecule has 2 heterocycles. The minimum absolute atomic E-state index is 0.567. The molecule has 0 aliphatic carbocycles. The summed E-state index contributed by atoms with van der Waals surface area (Å²) in [6, 6.07) is 0. The van der Waals surface area contributed by atoms with Crippen LogP contribution in [0.1, 0.15) is 30.3 Å². The van der Waals surface area contributed by atoms with Crippen LogP contribution in [0.2, 0.25) is 0 Å². The quantitative estimate of drug-likeness (QED) is 0.909. The van der Waals surface area contributed by atoms with Gasteiger partial charge < -0.3 is 10.1 Å². The molecule has 6 heteroatoms. The Morgan fingerprint density at radius 3 is 2.65 bits per heavy atom. The van der Waals surface area contributed by atoms with Gasteiger partial charge in [-0.2, -0.15) is 10.1 Å². The highest BCUT2D eigenvalue weighted by Gasteiger charge is 2.14. The highest BCUT2D eigenvalue weighted by atomic mass is 16.5. The van der Waals surface area contributed by atoms with Crippen LogP contribution in [0.4, 0.5) is 5.95 Å². The lowest BCUT2D eigenvalue weighted by Gasteiger charge is -2.10. The van der Waals surface area contributed by atoms with Crippen LogP contribution in [-0.4, -0.2) is 26.3 Å². The van der Waals surface area contributed by atoms with Crippen molar-refractivity contribution in [1.29, 1.82) is 0 Å². The van der Waals surface area contributed by atoms with E-state index in [4.69, 9.17) is 4.74 Å². The van der Waals surface area contributed by atoms with E-state index in [1.807, 2.05) is 27.8 Å². The number of nitrogens with one attached hydrogen (secondary N) is 1. The lowest BCUT2D eigenvalue weighted by atomic mass is 10.3. The third-order valence-electron chi connectivity index (χ3n) is 3.10. The highest BCUT2D eigenvalue weighted by molar-refractivity contribution is 5.39. The van der Waals surface area contributed by atoms with Gasteiger partial charge in [-0.25, -0.2) is 4.98 Å². The second kappa shape index (κ2) is 5.90. The van der Waals surface area contributed by atoms with Gasteiger partial charge in [0.15, 0.2) is 5.75 Å². The van der Waals surface area contributed by atoms with E-state index in [-0.39, 0.29) is 0 Å². The van der Waals surface area contributed by atoms with Crippen LogP contribution >= 0.6 is 0 Å². The third kappa shape index (κ3) is 2.89. The second-order valence-corrected chi connectivity index (χ2v) is 4.83. The van der Waals surface area contributed by atoms with Gasteiger partial charge in [-0.3, -0.25) is 4.68 Å². The predicted octanol–water partition coefficient (Wildman–Crippen LogP) is 2.75. The number of hydrogen-bond acceptors (Lipinski definition) is 5. The van der Waals surface area contributed by atoms with Gasteiger partial charge >= 0.3 is 0 Å². The van der Waals surface area contributed by atoms with Gasteiger partial charge in [0.1, 0.15) is 5.69 Å². The van der Waals surface area contributed by atoms with Gasteiger partial charge in [-0.15, -0.1) is 0 Å². The highest BCUT2D eigenvalue weighted by Crippen LogP contribution is 2.28. The first-order valence-corrected chi connectivity index (χ1v) is 6.78. The standard InChI is InChI=1S/C14H21N5O/c1-6-7-15-14-16-8-9(2)13(17-14)20-12-10(3)18-19(5)11(12)4/h8H,6-7H2,1-5H3,(H,15,16,17). The summed E-state index contributed by atoms with van der Waals surface area (Å²) in [4.78, 5) is 8.66. The van der Waals surface area contributed by atoms with E-state index in [9.17, 15) is 0 Å². The number of aromatic nitrogens is 4. The van der Waals surface area contributed by atoms with Crippen LogP contribution < -0.4 is 10.1 Å². The molecule has 0 unspecified atom stereocenters. The van der Waals surface area contributed by atoms with Crippen molar-refractivity contribution in [3.8, 4) is 11.6 Å². The molecule has 0 amide bonds. The Kier molecular flexibility index (Phi) is 4.22. The van der Waals surface area contributed by atoms with Gasteiger partial charge in [0.2, 0.25) is 11.8 Å². The van der Waals surface area contributed by atoms with E-state index in [0.717, 1.165) is 35.7 Å². The summed E-state index contributed by atoms with van der Waals surface area (Å²) in [6.45, 7) is 8.77. The Labute approximate surface area is 119 Å². The second-order valence-electron chi connectivity index (χ2n) is 4.83. The first-order valence-electron chi connectivity index (χ1n) is 6.78. The minimum atomic E-state index is 0.567. The molecule has 6 nitrogen and oxygen atoms in total. The summed E-state index contributed by atoms with van der Waals surface area (Å²) < 4.78 is 7.74. The maximum atomic E-state index is 5.94. The molecule has 2 aromatic rings. The Morgan fingerprint density at radius 2 is 2.05 bits per heavy atom. The van der Waals surface area contributed by atoms with Crippen LogP contribution in [0.25, 0.3) is 0 Å². The average molecular weight is 275 g/mol. The zero-order chi connectivity index (χ0) is 14.7. The van der Waals surface area contributed by atoms with Crippen molar-refractivity contribution in [3.05, 3.63) is 23.1 Å². The normalized spacial score (nSPS) is 10.7. The molecule has 108 valence electrons. The van der Waals surface area contributed by atoms with Crippen molar-refractivity contribution < 1.29 is 4.74 Å². The van der Waals surface area contributed by atoms with E-state index in [1.165, 1.54) is 0 Å². The molecule has 0 saturated carbocycles. The fourth-order valence-electron chi connectivity index (χ4n) is 1.85. The molecule has 0 aliphatic heterocycles. The summed E-state index contributed by atoms with van der Waals surface area (Å²) >= 11 is 0. The Balaban J connectivity index is 2.28. The number of nitrogens with zero attached hydrogens (tertiary/aromatic N) is 4. The lowest BCUT2D eigenvalue weighted by Crippen LogP contribution is -2.05. The third-order valence-corrected chi connectivity index (χ3v) is 3.10. The van der Waals surface area contributed by atoms with Gasteiger partial charge in [0.25, 0.3) is 0 Å². The van der Waals surface area contributed by atoms with Gasteiger partial charge in [0, 0.05) is 25.4 Å². The Hall–Kier alpha value is -2.11. The average Bonchev–Trinajstić information content (AvgIpc) is 2.66. The number of ether oxygens (including phenoxy) is 1. The zero-order valence-corrected chi connectivity index (χ0v) is 12.7. The fraction of sp³-hybridized carbons (Fsp3) is 0.500. The zero-order valence-electron chi connectivity index (χ0n) is 12.7. The topological polar surface area (TPSA) is 64.9 Å². The molecule has 0 fully saturated rings. The fourth-order valence-corrected chi connectivity index (χ4v) is 1.85. The Morgan fingerprint density at radius 1 is 1.30 bits per heavy atom. The van der Waals surface area contributed by atoms with Crippen molar-refractivity contribution in [2.75, 3.05) is 11.9 Å². The SMILES string of the molecule is CCCNc1ncc(C)c(Oc2c(C)nn(C)c2C)n1. The smallest absolute Gasteiger partial charge is 0.227 e. The summed E-state index contributed by atoms with van der Waals surface area (Å²) in [5, 5.41) is 7.50. The first kappa shape index (κ1) is 14.3. The molecule has 0 aliphatic rings. The minimum Gasteiger partial charge on any atom is -0.435 e. The number of hydrogen-bond donors (Lipinski definition) is 1. The van der Waals surface area contributed by atoms with Crippen molar-refractivity contribution in [2.45, 2.75) is 34.1 Å². The molecule has 1 N–H and O–H groups in total.